The number of para-hydroxylation sites is 1. The van der Waals surface area contributed by atoms with E-state index in [0.29, 0.717) is 33.0 Å². The Balaban J connectivity index is 1.54. The van der Waals surface area contributed by atoms with Gasteiger partial charge in [0.25, 0.3) is 5.91 Å². The summed E-state index contributed by atoms with van der Waals surface area (Å²) in [6.07, 6.45) is 0. The van der Waals surface area contributed by atoms with Crippen LogP contribution in [-0.4, -0.2) is 39.4 Å². The predicted molar refractivity (Wildman–Crippen MR) is 141 cm³/mol. The molecular formula is C26H23ClFN5O3S. The second-order valence-corrected chi connectivity index (χ2v) is 9.20. The van der Waals surface area contributed by atoms with Crippen molar-refractivity contribution in [2.24, 2.45) is 0 Å². The Morgan fingerprint density at radius 1 is 1.05 bits per heavy atom. The monoisotopic (exact) mass is 539 g/mol. The van der Waals surface area contributed by atoms with Gasteiger partial charge in [0.15, 0.2) is 11.0 Å². The molecule has 0 aliphatic heterocycles. The van der Waals surface area contributed by atoms with Gasteiger partial charge in [0.2, 0.25) is 5.91 Å². The van der Waals surface area contributed by atoms with Crippen molar-refractivity contribution in [2.45, 2.75) is 18.6 Å². The third-order valence-electron chi connectivity index (χ3n) is 5.42. The Hall–Kier alpha value is -3.89. The number of halogens is 2. The van der Waals surface area contributed by atoms with E-state index in [1.165, 1.54) is 12.1 Å². The van der Waals surface area contributed by atoms with Crippen molar-refractivity contribution >= 4 is 40.9 Å². The van der Waals surface area contributed by atoms with Crippen molar-refractivity contribution in [3.05, 3.63) is 94.5 Å². The van der Waals surface area contributed by atoms with Gasteiger partial charge in [-0.3, -0.25) is 14.2 Å². The van der Waals surface area contributed by atoms with Crippen LogP contribution in [0.15, 0.2) is 71.9 Å². The zero-order valence-electron chi connectivity index (χ0n) is 20.0. The molecule has 0 radical (unpaired) electrons. The van der Waals surface area contributed by atoms with E-state index in [-0.39, 0.29) is 23.9 Å². The fourth-order valence-electron chi connectivity index (χ4n) is 3.47. The number of amides is 2. The summed E-state index contributed by atoms with van der Waals surface area (Å²) in [6.45, 7) is 1.93. The van der Waals surface area contributed by atoms with Crippen molar-refractivity contribution < 1.29 is 18.7 Å². The van der Waals surface area contributed by atoms with E-state index in [2.05, 4.69) is 20.8 Å². The van der Waals surface area contributed by atoms with Gasteiger partial charge in [0.05, 0.1) is 30.8 Å². The SMILES string of the molecule is COc1ccc(C(=O)NCc2nnc(SCC(=O)Nc3ccccc3F)n2-c2cccc(Cl)c2C)cc1. The van der Waals surface area contributed by atoms with Crippen LogP contribution in [0.2, 0.25) is 5.02 Å². The zero-order valence-corrected chi connectivity index (χ0v) is 21.6. The van der Waals surface area contributed by atoms with Crippen LogP contribution in [-0.2, 0) is 11.3 Å². The average molecular weight is 540 g/mol. The summed E-state index contributed by atoms with van der Waals surface area (Å²) >= 11 is 7.49. The molecule has 4 rings (SSSR count). The molecule has 8 nitrogen and oxygen atoms in total. The fourth-order valence-corrected chi connectivity index (χ4v) is 4.40. The second-order valence-electron chi connectivity index (χ2n) is 7.85. The third-order valence-corrected chi connectivity index (χ3v) is 6.76. The summed E-state index contributed by atoms with van der Waals surface area (Å²) in [5.74, 6) is -0.156. The smallest absolute Gasteiger partial charge is 0.251 e. The largest absolute Gasteiger partial charge is 0.497 e. The summed E-state index contributed by atoms with van der Waals surface area (Å²) < 4.78 is 20.8. The number of nitrogens with zero attached hydrogens (tertiary/aromatic N) is 3. The highest BCUT2D eigenvalue weighted by molar-refractivity contribution is 7.99. The standard InChI is InChI=1S/C26H23ClFN5O3S/c1-16-19(27)6-5-9-22(16)33-23(14-29-25(35)17-10-12-18(36-2)13-11-17)31-32-26(33)37-15-24(34)30-21-8-4-3-7-20(21)28/h3-13H,14-15H2,1-2H3,(H,29,35)(H,30,34). The molecule has 0 saturated heterocycles. The molecule has 190 valence electrons. The minimum Gasteiger partial charge on any atom is -0.497 e. The lowest BCUT2D eigenvalue weighted by atomic mass is 10.2. The van der Waals surface area contributed by atoms with Crippen molar-refractivity contribution in [3.8, 4) is 11.4 Å². The van der Waals surface area contributed by atoms with E-state index in [9.17, 15) is 14.0 Å². The summed E-state index contributed by atoms with van der Waals surface area (Å²) in [4.78, 5) is 25.2. The number of carbonyl (C=O) groups excluding carboxylic acids is 2. The predicted octanol–water partition coefficient (Wildman–Crippen LogP) is 5.04. The van der Waals surface area contributed by atoms with E-state index < -0.39 is 11.7 Å². The minimum atomic E-state index is -0.520. The van der Waals surface area contributed by atoms with E-state index in [0.717, 1.165) is 17.3 Å². The van der Waals surface area contributed by atoms with Gasteiger partial charge in [0, 0.05) is 10.6 Å². The maximum atomic E-state index is 13.9. The van der Waals surface area contributed by atoms with Crippen molar-refractivity contribution in [1.82, 2.24) is 20.1 Å². The van der Waals surface area contributed by atoms with Crippen LogP contribution in [0.4, 0.5) is 10.1 Å². The number of hydrogen-bond acceptors (Lipinski definition) is 6. The molecular weight excluding hydrogens is 517 g/mol. The molecule has 0 unspecified atom stereocenters. The highest BCUT2D eigenvalue weighted by Gasteiger charge is 2.19. The van der Waals surface area contributed by atoms with Gasteiger partial charge in [-0.15, -0.1) is 10.2 Å². The molecule has 2 N–H and O–H groups in total. The first-order chi connectivity index (χ1) is 17.9. The molecule has 0 atom stereocenters. The Bertz CT molecular complexity index is 1430. The molecule has 11 heteroatoms. The van der Waals surface area contributed by atoms with Crippen LogP contribution in [0.1, 0.15) is 21.7 Å². The quantitative estimate of drug-likeness (QED) is 0.289. The lowest BCUT2D eigenvalue weighted by molar-refractivity contribution is -0.113. The first kappa shape index (κ1) is 26.2. The van der Waals surface area contributed by atoms with Gasteiger partial charge in [-0.25, -0.2) is 4.39 Å². The number of ether oxygens (including phenoxy) is 1. The van der Waals surface area contributed by atoms with Crippen molar-refractivity contribution in [3.63, 3.8) is 0 Å². The van der Waals surface area contributed by atoms with E-state index >= 15 is 0 Å². The number of methoxy groups -OCH3 is 1. The van der Waals surface area contributed by atoms with Gasteiger partial charge in [0.1, 0.15) is 11.6 Å². The van der Waals surface area contributed by atoms with E-state index in [1.807, 2.05) is 13.0 Å². The molecule has 1 heterocycles. The van der Waals surface area contributed by atoms with Crippen LogP contribution in [0.25, 0.3) is 5.69 Å². The molecule has 2 amide bonds. The summed E-state index contributed by atoms with van der Waals surface area (Å²) in [6, 6.07) is 18.1. The number of thioether (sulfide) groups is 1. The molecule has 0 spiro atoms. The van der Waals surface area contributed by atoms with Crippen LogP contribution in [0.5, 0.6) is 5.75 Å². The van der Waals surface area contributed by atoms with Gasteiger partial charge >= 0.3 is 0 Å². The van der Waals surface area contributed by atoms with E-state index in [4.69, 9.17) is 16.3 Å². The summed E-state index contributed by atoms with van der Waals surface area (Å²) in [5, 5.41) is 14.9. The molecule has 0 bridgehead atoms. The Labute approximate surface area is 222 Å². The highest BCUT2D eigenvalue weighted by Crippen LogP contribution is 2.28. The Morgan fingerprint density at radius 2 is 1.81 bits per heavy atom. The van der Waals surface area contributed by atoms with Crippen LogP contribution < -0.4 is 15.4 Å². The lowest BCUT2D eigenvalue weighted by Crippen LogP contribution is -2.24. The number of rotatable bonds is 9. The van der Waals surface area contributed by atoms with Crippen LogP contribution >= 0.6 is 23.4 Å². The third kappa shape index (κ3) is 6.28. The number of benzene rings is 3. The maximum Gasteiger partial charge on any atom is 0.251 e. The number of carbonyl (C=O) groups is 2. The molecule has 3 aromatic carbocycles. The van der Waals surface area contributed by atoms with Gasteiger partial charge in [-0.2, -0.15) is 0 Å². The maximum absolute atomic E-state index is 13.9. The molecule has 37 heavy (non-hydrogen) atoms. The molecule has 0 aliphatic carbocycles. The first-order valence-corrected chi connectivity index (χ1v) is 12.5. The second kappa shape index (κ2) is 11.9. The van der Waals surface area contributed by atoms with Crippen LogP contribution in [0.3, 0.4) is 0 Å². The molecule has 1 aromatic heterocycles. The highest BCUT2D eigenvalue weighted by atomic mass is 35.5. The molecule has 0 aliphatic rings. The average Bonchev–Trinajstić information content (AvgIpc) is 3.31. The Morgan fingerprint density at radius 3 is 2.54 bits per heavy atom. The summed E-state index contributed by atoms with van der Waals surface area (Å²) in [5.41, 5.74) is 2.06. The number of nitrogens with one attached hydrogen (secondary N) is 2. The molecule has 0 fully saturated rings. The lowest BCUT2D eigenvalue weighted by Gasteiger charge is -2.14. The number of anilines is 1. The van der Waals surface area contributed by atoms with Crippen molar-refractivity contribution in [2.75, 3.05) is 18.2 Å². The normalized spacial score (nSPS) is 10.7. The van der Waals surface area contributed by atoms with Crippen molar-refractivity contribution in [1.29, 1.82) is 0 Å². The van der Waals surface area contributed by atoms with Gasteiger partial charge < -0.3 is 15.4 Å². The summed E-state index contributed by atoms with van der Waals surface area (Å²) in [7, 11) is 1.55. The zero-order chi connectivity index (χ0) is 26.4. The fraction of sp³-hybridized carbons (Fsp3) is 0.154. The molecule has 0 saturated carbocycles. The minimum absolute atomic E-state index is 0.0374. The topological polar surface area (TPSA) is 98.1 Å². The number of hydrogen-bond donors (Lipinski definition) is 2. The number of aromatic nitrogens is 3. The molecule has 4 aromatic rings. The Kier molecular flexibility index (Phi) is 8.42. The van der Waals surface area contributed by atoms with Crippen LogP contribution in [0, 0.1) is 12.7 Å². The van der Waals surface area contributed by atoms with Gasteiger partial charge in [-0.1, -0.05) is 41.6 Å². The van der Waals surface area contributed by atoms with Gasteiger partial charge in [-0.05, 0) is 61.0 Å². The first-order valence-electron chi connectivity index (χ1n) is 11.2. The van der Waals surface area contributed by atoms with E-state index in [1.54, 1.807) is 60.2 Å².